The molecule has 0 amide bonds. The number of sulfonamides is 1. The van der Waals surface area contributed by atoms with E-state index in [4.69, 9.17) is 0 Å². The standard InChI is InChI=1S/C15H23N3O2S/c1-16-12-4-6-15(7-5-12)21(19,20)17-13-8-10-18-9-2-3-14(18)11-13/h4-7,13-14,16-17H,2-3,8-11H2,1H3. The molecule has 2 saturated heterocycles. The number of piperidine rings is 1. The lowest BCUT2D eigenvalue weighted by atomic mass is 9.99. The molecular weight excluding hydrogens is 286 g/mol. The van der Waals surface area contributed by atoms with Gasteiger partial charge in [0.1, 0.15) is 0 Å². The van der Waals surface area contributed by atoms with Crippen LogP contribution in [0.1, 0.15) is 25.7 Å². The summed E-state index contributed by atoms with van der Waals surface area (Å²) in [6.45, 7) is 2.19. The van der Waals surface area contributed by atoms with Crippen molar-refractivity contribution in [2.45, 2.75) is 42.7 Å². The van der Waals surface area contributed by atoms with Gasteiger partial charge in [-0.2, -0.15) is 0 Å². The molecule has 21 heavy (non-hydrogen) atoms. The molecule has 0 radical (unpaired) electrons. The van der Waals surface area contributed by atoms with Gasteiger partial charge in [-0.05, 0) is 63.0 Å². The minimum absolute atomic E-state index is 0.0679. The van der Waals surface area contributed by atoms with Crippen molar-refractivity contribution in [1.82, 2.24) is 9.62 Å². The fraction of sp³-hybridized carbons (Fsp3) is 0.600. The molecule has 6 heteroatoms. The second kappa shape index (κ2) is 5.94. The molecule has 2 aliphatic heterocycles. The Kier molecular flexibility index (Phi) is 4.19. The Morgan fingerprint density at radius 1 is 1.14 bits per heavy atom. The molecule has 2 atom stereocenters. The van der Waals surface area contributed by atoms with Crippen molar-refractivity contribution in [3.63, 3.8) is 0 Å². The second-order valence-electron chi connectivity index (χ2n) is 5.95. The monoisotopic (exact) mass is 309 g/mol. The van der Waals surface area contributed by atoms with Crippen LogP contribution in [0.3, 0.4) is 0 Å². The van der Waals surface area contributed by atoms with E-state index in [1.807, 2.05) is 7.05 Å². The lowest BCUT2D eigenvalue weighted by Crippen LogP contribution is -2.47. The summed E-state index contributed by atoms with van der Waals surface area (Å²) in [6.07, 6.45) is 4.29. The highest BCUT2D eigenvalue weighted by molar-refractivity contribution is 7.89. The maximum Gasteiger partial charge on any atom is 0.240 e. The Bertz CT molecular complexity index is 585. The Balaban J connectivity index is 1.67. The molecule has 2 aliphatic rings. The molecule has 2 fully saturated rings. The smallest absolute Gasteiger partial charge is 0.240 e. The topological polar surface area (TPSA) is 61.4 Å². The highest BCUT2D eigenvalue weighted by Crippen LogP contribution is 2.27. The van der Waals surface area contributed by atoms with Crippen LogP contribution < -0.4 is 10.0 Å². The second-order valence-corrected chi connectivity index (χ2v) is 7.66. The SMILES string of the molecule is CNc1ccc(S(=O)(=O)NC2CCN3CCCC3C2)cc1. The third-order valence-corrected chi connectivity index (χ3v) is 6.13. The van der Waals surface area contributed by atoms with Crippen LogP contribution in [0.2, 0.25) is 0 Å². The van der Waals surface area contributed by atoms with E-state index in [0.717, 1.165) is 25.1 Å². The zero-order valence-corrected chi connectivity index (χ0v) is 13.2. The molecule has 0 spiro atoms. The van der Waals surface area contributed by atoms with Crippen LogP contribution in [0.4, 0.5) is 5.69 Å². The van der Waals surface area contributed by atoms with E-state index in [1.54, 1.807) is 24.3 Å². The quantitative estimate of drug-likeness (QED) is 0.887. The van der Waals surface area contributed by atoms with Crippen LogP contribution in [0.15, 0.2) is 29.2 Å². The van der Waals surface area contributed by atoms with Gasteiger partial charge in [-0.3, -0.25) is 0 Å². The molecule has 2 N–H and O–H groups in total. The van der Waals surface area contributed by atoms with Crippen molar-refractivity contribution in [1.29, 1.82) is 0 Å². The Labute approximate surface area is 126 Å². The van der Waals surface area contributed by atoms with Crippen LogP contribution in [0, 0.1) is 0 Å². The van der Waals surface area contributed by atoms with Gasteiger partial charge in [-0.1, -0.05) is 0 Å². The molecule has 2 heterocycles. The molecule has 0 aromatic heterocycles. The molecule has 0 saturated carbocycles. The molecule has 5 nitrogen and oxygen atoms in total. The summed E-state index contributed by atoms with van der Waals surface area (Å²) >= 11 is 0. The molecule has 2 unspecified atom stereocenters. The first-order valence-electron chi connectivity index (χ1n) is 7.63. The predicted molar refractivity (Wildman–Crippen MR) is 83.9 cm³/mol. The van der Waals surface area contributed by atoms with E-state index in [9.17, 15) is 8.42 Å². The summed E-state index contributed by atoms with van der Waals surface area (Å²) in [6, 6.07) is 7.51. The maximum absolute atomic E-state index is 12.4. The number of nitrogens with zero attached hydrogens (tertiary/aromatic N) is 1. The Morgan fingerprint density at radius 3 is 2.62 bits per heavy atom. The van der Waals surface area contributed by atoms with Gasteiger partial charge in [0, 0.05) is 24.8 Å². The average Bonchev–Trinajstić information content (AvgIpc) is 2.94. The Morgan fingerprint density at radius 2 is 1.90 bits per heavy atom. The van der Waals surface area contributed by atoms with E-state index < -0.39 is 10.0 Å². The van der Waals surface area contributed by atoms with Crippen molar-refractivity contribution >= 4 is 15.7 Å². The van der Waals surface area contributed by atoms with Crippen molar-refractivity contribution in [3.05, 3.63) is 24.3 Å². The number of hydrogen-bond acceptors (Lipinski definition) is 4. The number of rotatable bonds is 4. The van der Waals surface area contributed by atoms with E-state index >= 15 is 0 Å². The van der Waals surface area contributed by atoms with E-state index in [-0.39, 0.29) is 6.04 Å². The van der Waals surface area contributed by atoms with E-state index in [0.29, 0.717) is 10.9 Å². The van der Waals surface area contributed by atoms with Gasteiger partial charge in [-0.15, -0.1) is 0 Å². The van der Waals surface area contributed by atoms with Gasteiger partial charge in [0.2, 0.25) is 10.0 Å². The summed E-state index contributed by atoms with van der Waals surface area (Å²) in [5.74, 6) is 0. The van der Waals surface area contributed by atoms with Gasteiger partial charge in [0.25, 0.3) is 0 Å². The molecule has 0 aliphatic carbocycles. The fourth-order valence-corrected chi connectivity index (χ4v) is 4.70. The van der Waals surface area contributed by atoms with Crippen molar-refractivity contribution in [3.8, 4) is 0 Å². The molecule has 0 bridgehead atoms. The van der Waals surface area contributed by atoms with Crippen LogP contribution in [-0.4, -0.2) is 45.5 Å². The first kappa shape index (κ1) is 14.8. The summed E-state index contributed by atoms with van der Waals surface area (Å²) in [5.41, 5.74) is 0.910. The summed E-state index contributed by atoms with van der Waals surface area (Å²) in [5, 5.41) is 2.99. The van der Waals surface area contributed by atoms with Crippen molar-refractivity contribution in [2.24, 2.45) is 0 Å². The molecule has 3 rings (SSSR count). The highest BCUT2D eigenvalue weighted by Gasteiger charge is 2.33. The van der Waals surface area contributed by atoms with Crippen LogP contribution >= 0.6 is 0 Å². The number of nitrogens with one attached hydrogen (secondary N) is 2. The number of anilines is 1. The van der Waals surface area contributed by atoms with Crippen molar-refractivity contribution in [2.75, 3.05) is 25.5 Å². The highest BCUT2D eigenvalue weighted by atomic mass is 32.2. The minimum atomic E-state index is -3.41. The van der Waals surface area contributed by atoms with Gasteiger partial charge in [-0.25, -0.2) is 13.1 Å². The third-order valence-electron chi connectivity index (χ3n) is 4.60. The molecule has 1 aromatic rings. The normalized spacial score (nSPS) is 26.5. The van der Waals surface area contributed by atoms with Gasteiger partial charge in [0.15, 0.2) is 0 Å². The first-order valence-corrected chi connectivity index (χ1v) is 9.11. The lowest BCUT2D eigenvalue weighted by Gasteiger charge is -2.34. The van der Waals surface area contributed by atoms with Gasteiger partial charge >= 0.3 is 0 Å². The van der Waals surface area contributed by atoms with E-state index in [1.165, 1.54) is 19.4 Å². The summed E-state index contributed by atoms with van der Waals surface area (Å²) in [7, 11) is -1.59. The predicted octanol–water partition coefficient (Wildman–Crippen LogP) is 1.63. The minimum Gasteiger partial charge on any atom is -0.388 e. The first-order chi connectivity index (χ1) is 10.1. The Hall–Kier alpha value is -1.11. The van der Waals surface area contributed by atoms with E-state index in [2.05, 4.69) is 14.9 Å². The molecule has 1 aromatic carbocycles. The zero-order valence-electron chi connectivity index (χ0n) is 12.4. The molecule has 116 valence electrons. The summed E-state index contributed by atoms with van der Waals surface area (Å²) in [4.78, 5) is 2.84. The van der Waals surface area contributed by atoms with Crippen LogP contribution in [0.5, 0.6) is 0 Å². The fourth-order valence-electron chi connectivity index (χ4n) is 3.42. The number of benzene rings is 1. The summed E-state index contributed by atoms with van der Waals surface area (Å²) < 4.78 is 27.8. The average molecular weight is 309 g/mol. The van der Waals surface area contributed by atoms with Gasteiger partial charge in [0.05, 0.1) is 4.90 Å². The maximum atomic E-state index is 12.4. The van der Waals surface area contributed by atoms with Crippen LogP contribution in [-0.2, 0) is 10.0 Å². The van der Waals surface area contributed by atoms with Gasteiger partial charge < -0.3 is 10.2 Å². The largest absolute Gasteiger partial charge is 0.388 e. The molecular formula is C15H23N3O2S. The third kappa shape index (κ3) is 3.22. The lowest BCUT2D eigenvalue weighted by molar-refractivity contribution is 0.176. The number of hydrogen-bond donors (Lipinski definition) is 2. The van der Waals surface area contributed by atoms with Crippen molar-refractivity contribution < 1.29 is 8.42 Å². The zero-order chi connectivity index (χ0) is 14.9. The number of fused-ring (bicyclic) bond motifs is 1. The van der Waals surface area contributed by atoms with Crippen LogP contribution in [0.25, 0.3) is 0 Å².